The molecular weight excluding hydrogens is 448 g/mol. The van der Waals surface area contributed by atoms with Crippen molar-refractivity contribution in [1.29, 1.82) is 0 Å². The lowest BCUT2D eigenvalue weighted by molar-refractivity contribution is -0.142. The highest BCUT2D eigenvalue weighted by Crippen LogP contribution is 2.26. The summed E-state index contributed by atoms with van der Waals surface area (Å²) < 4.78 is 5.21. The van der Waals surface area contributed by atoms with Crippen molar-refractivity contribution in [2.75, 3.05) is 25.6 Å². The fourth-order valence-corrected chi connectivity index (χ4v) is 4.25. The number of nitrogens with zero attached hydrogens (tertiary/aromatic N) is 2. The molecule has 9 nitrogen and oxygen atoms in total. The summed E-state index contributed by atoms with van der Waals surface area (Å²) in [5.41, 5.74) is 0.607. The average Bonchev–Trinajstić information content (AvgIpc) is 3.36. The van der Waals surface area contributed by atoms with Crippen molar-refractivity contribution >= 4 is 23.5 Å². The third-order valence-corrected chi connectivity index (χ3v) is 6.05. The van der Waals surface area contributed by atoms with Crippen molar-refractivity contribution in [2.24, 2.45) is 0 Å². The molecule has 0 spiro atoms. The third kappa shape index (κ3) is 8.06. The number of phenols is 1. The summed E-state index contributed by atoms with van der Waals surface area (Å²) in [6.07, 6.45) is 6.16. The minimum Gasteiger partial charge on any atom is -0.508 e. The molecule has 1 aromatic carbocycles. The van der Waals surface area contributed by atoms with E-state index < -0.39 is 6.04 Å². The number of carbonyl (C=O) groups is 3. The van der Waals surface area contributed by atoms with E-state index in [1.807, 2.05) is 0 Å². The molecule has 1 atom stereocenters. The van der Waals surface area contributed by atoms with Crippen LogP contribution in [-0.4, -0.2) is 59.0 Å². The second-order valence-electron chi connectivity index (χ2n) is 8.68. The van der Waals surface area contributed by atoms with Gasteiger partial charge in [0.2, 0.25) is 17.7 Å². The number of pyridine rings is 1. The average molecular weight is 483 g/mol. The van der Waals surface area contributed by atoms with Gasteiger partial charge < -0.3 is 25.4 Å². The summed E-state index contributed by atoms with van der Waals surface area (Å²) in [6.45, 7) is 0.482. The van der Waals surface area contributed by atoms with Crippen molar-refractivity contribution in [3.63, 3.8) is 0 Å². The van der Waals surface area contributed by atoms with Gasteiger partial charge in [0.25, 0.3) is 0 Å². The number of amides is 3. The number of ether oxygens (including phenoxy) is 1. The molecule has 1 fully saturated rings. The Balaban J connectivity index is 1.69. The van der Waals surface area contributed by atoms with Crippen molar-refractivity contribution < 1.29 is 24.2 Å². The van der Waals surface area contributed by atoms with E-state index in [9.17, 15) is 19.5 Å². The first-order valence-corrected chi connectivity index (χ1v) is 12.1. The van der Waals surface area contributed by atoms with Crippen LogP contribution in [0.1, 0.15) is 56.6 Å². The van der Waals surface area contributed by atoms with Crippen LogP contribution in [0.2, 0.25) is 0 Å². The summed E-state index contributed by atoms with van der Waals surface area (Å²) in [6, 6.07) is 10.8. The summed E-state index contributed by atoms with van der Waals surface area (Å²) in [5.74, 6) is -0.180. The first-order valence-electron chi connectivity index (χ1n) is 12.1. The van der Waals surface area contributed by atoms with Gasteiger partial charge in [0.05, 0.1) is 6.61 Å². The topological polar surface area (TPSA) is 121 Å². The fraction of sp³-hybridized carbons (Fsp3) is 0.462. The molecule has 1 unspecified atom stereocenters. The largest absolute Gasteiger partial charge is 0.508 e. The summed E-state index contributed by atoms with van der Waals surface area (Å²) >= 11 is 0. The Morgan fingerprint density at radius 2 is 1.86 bits per heavy atom. The zero-order chi connectivity index (χ0) is 25.0. The van der Waals surface area contributed by atoms with Gasteiger partial charge in [-0.3, -0.25) is 14.4 Å². The maximum Gasteiger partial charge on any atom is 0.247 e. The van der Waals surface area contributed by atoms with Gasteiger partial charge >= 0.3 is 0 Å². The number of nitrogens with one attached hydrogen (secondary N) is 2. The third-order valence-electron chi connectivity index (χ3n) is 6.05. The molecule has 1 aliphatic rings. The number of rotatable bonds is 12. The van der Waals surface area contributed by atoms with E-state index in [0.29, 0.717) is 17.8 Å². The monoisotopic (exact) mass is 482 g/mol. The molecule has 9 heteroatoms. The van der Waals surface area contributed by atoms with Crippen LogP contribution in [0.25, 0.3) is 0 Å². The van der Waals surface area contributed by atoms with Gasteiger partial charge in [-0.1, -0.05) is 31.0 Å². The molecule has 2 aromatic rings. The Labute approximate surface area is 205 Å². The van der Waals surface area contributed by atoms with Crippen LogP contribution in [-0.2, 0) is 19.1 Å². The standard InChI is InChI=1S/C26H34N4O5/c1-35-18-17-30(24(33)11-6-10-23(32)29-22-9-4-5-16-27-22)25(19-12-14-21(31)15-13-19)26(34)28-20-7-2-3-8-20/h4-5,9,12-16,20,25,31H,2-3,6-8,10-11,17-18H2,1H3,(H,28,34)(H,27,29,32). The Hall–Kier alpha value is -3.46. The van der Waals surface area contributed by atoms with Gasteiger partial charge in [-0.15, -0.1) is 0 Å². The van der Waals surface area contributed by atoms with E-state index in [1.165, 1.54) is 17.0 Å². The predicted octanol–water partition coefficient (Wildman–Crippen LogP) is 3.17. The molecule has 0 aliphatic heterocycles. The van der Waals surface area contributed by atoms with Gasteiger partial charge in [0, 0.05) is 38.7 Å². The molecule has 1 heterocycles. The normalized spacial score (nSPS) is 14.3. The highest BCUT2D eigenvalue weighted by Gasteiger charge is 2.32. The number of benzene rings is 1. The summed E-state index contributed by atoms with van der Waals surface area (Å²) in [5, 5.41) is 15.5. The van der Waals surface area contributed by atoms with Gasteiger partial charge in [0.15, 0.2) is 0 Å². The Bertz CT molecular complexity index is 961. The van der Waals surface area contributed by atoms with Crippen LogP contribution >= 0.6 is 0 Å². The molecule has 35 heavy (non-hydrogen) atoms. The highest BCUT2D eigenvalue weighted by atomic mass is 16.5. The number of carbonyl (C=O) groups excluding carboxylic acids is 3. The van der Waals surface area contributed by atoms with E-state index in [-0.39, 0.29) is 55.5 Å². The Morgan fingerprint density at radius 1 is 1.11 bits per heavy atom. The molecule has 188 valence electrons. The summed E-state index contributed by atoms with van der Waals surface area (Å²) in [4.78, 5) is 44.5. The van der Waals surface area contributed by atoms with Crippen molar-refractivity contribution in [2.45, 2.75) is 57.0 Å². The Morgan fingerprint density at radius 3 is 2.51 bits per heavy atom. The number of anilines is 1. The van der Waals surface area contributed by atoms with E-state index in [2.05, 4.69) is 15.6 Å². The quantitative estimate of drug-likeness (QED) is 0.427. The number of hydrogen-bond donors (Lipinski definition) is 3. The lowest BCUT2D eigenvalue weighted by Gasteiger charge is -2.32. The second-order valence-corrected chi connectivity index (χ2v) is 8.68. The molecule has 0 saturated heterocycles. The zero-order valence-corrected chi connectivity index (χ0v) is 20.1. The SMILES string of the molecule is COCCN(C(=O)CCCC(=O)Nc1ccccn1)C(C(=O)NC1CCCC1)c1ccc(O)cc1. The fourth-order valence-electron chi connectivity index (χ4n) is 4.25. The van der Waals surface area contributed by atoms with Gasteiger partial charge in [-0.25, -0.2) is 4.98 Å². The van der Waals surface area contributed by atoms with Crippen LogP contribution < -0.4 is 10.6 Å². The number of aromatic hydroxyl groups is 1. The number of aromatic nitrogens is 1. The number of hydrogen-bond acceptors (Lipinski definition) is 6. The van der Waals surface area contributed by atoms with Crippen LogP contribution in [0.3, 0.4) is 0 Å². The first kappa shape index (κ1) is 26.2. The molecule has 3 rings (SSSR count). The smallest absolute Gasteiger partial charge is 0.247 e. The summed E-state index contributed by atoms with van der Waals surface area (Å²) in [7, 11) is 1.54. The van der Waals surface area contributed by atoms with Crippen LogP contribution in [0.5, 0.6) is 5.75 Å². The molecule has 3 N–H and O–H groups in total. The van der Waals surface area contributed by atoms with E-state index in [4.69, 9.17) is 4.74 Å². The van der Waals surface area contributed by atoms with Gasteiger partial charge in [-0.2, -0.15) is 0 Å². The van der Waals surface area contributed by atoms with Crippen LogP contribution in [0, 0.1) is 0 Å². The lowest BCUT2D eigenvalue weighted by Crippen LogP contribution is -2.47. The van der Waals surface area contributed by atoms with Crippen LogP contribution in [0.15, 0.2) is 48.7 Å². The molecular formula is C26H34N4O5. The Kier molecular flexibility index (Phi) is 10.0. The molecule has 0 bridgehead atoms. The van der Waals surface area contributed by atoms with E-state index in [1.54, 1.807) is 43.6 Å². The predicted molar refractivity (Wildman–Crippen MR) is 132 cm³/mol. The van der Waals surface area contributed by atoms with E-state index >= 15 is 0 Å². The van der Waals surface area contributed by atoms with Gasteiger partial charge in [0.1, 0.15) is 17.6 Å². The van der Waals surface area contributed by atoms with Crippen molar-refractivity contribution in [3.05, 3.63) is 54.2 Å². The maximum atomic E-state index is 13.4. The van der Waals surface area contributed by atoms with Crippen molar-refractivity contribution in [3.8, 4) is 5.75 Å². The second kappa shape index (κ2) is 13.4. The molecule has 3 amide bonds. The minimum absolute atomic E-state index is 0.0809. The first-order chi connectivity index (χ1) is 17.0. The van der Waals surface area contributed by atoms with E-state index in [0.717, 1.165) is 25.7 Å². The van der Waals surface area contributed by atoms with Gasteiger partial charge in [-0.05, 0) is 49.1 Å². The molecule has 1 aromatic heterocycles. The lowest BCUT2D eigenvalue weighted by atomic mass is 10.0. The van der Waals surface area contributed by atoms with Crippen LogP contribution in [0.4, 0.5) is 5.82 Å². The maximum absolute atomic E-state index is 13.4. The number of methoxy groups -OCH3 is 1. The number of phenolic OH excluding ortho intramolecular Hbond substituents is 1. The van der Waals surface area contributed by atoms with Crippen molar-refractivity contribution in [1.82, 2.24) is 15.2 Å². The molecule has 1 aliphatic carbocycles. The molecule has 1 saturated carbocycles. The zero-order valence-electron chi connectivity index (χ0n) is 20.1. The molecule has 0 radical (unpaired) electrons. The minimum atomic E-state index is -0.860. The highest BCUT2D eigenvalue weighted by molar-refractivity contribution is 5.91.